The molecule has 3 nitrogen and oxygen atoms in total. The van der Waals surface area contributed by atoms with Crippen LogP contribution in [0.15, 0.2) is 42.5 Å². The summed E-state index contributed by atoms with van der Waals surface area (Å²) in [6.07, 6.45) is 0. The first-order valence-corrected chi connectivity index (χ1v) is 7.10. The van der Waals surface area contributed by atoms with Crippen molar-refractivity contribution < 1.29 is 9.53 Å². The number of aryl methyl sites for hydroxylation is 1. The average Bonchev–Trinajstić information content (AvgIpc) is 2.48. The zero-order chi connectivity index (χ0) is 15.4. The van der Waals surface area contributed by atoms with E-state index in [0.29, 0.717) is 16.3 Å². The Morgan fingerprint density at radius 2 is 1.95 bits per heavy atom. The number of halogens is 1. The number of nitrogens with one attached hydrogen (secondary N) is 1. The minimum atomic E-state index is -0.406. The highest BCUT2D eigenvalue weighted by Gasteiger charge is 2.15. The molecular weight excluding hydrogens is 286 g/mol. The van der Waals surface area contributed by atoms with Gasteiger partial charge < -0.3 is 10.1 Å². The van der Waals surface area contributed by atoms with Gasteiger partial charge in [0.25, 0.3) is 0 Å². The van der Waals surface area contributed by atoms with E-state index < -0.39 is 5.97 Å². The van der Waals surface area contributed by atoms with E-state index in [4.69, 9.17) is 16.3 Å². The van der Waals surface area contributed by atoms with Crippen LogP contribution in [0.4, 0.5) is 5.69 Å². The van der Waals surface area contributed by atoms with Gasteiger partial charge in [0.15, 0.2) is 0 Å². The Labute approximate surface area is 129 Å². The Kier molecular flexibility index (Phi) is 4.86. The van der Waals surface area contributed by atoms with Crippen molar-refractivity contribution in [1.82, 2.24) is 0 Å². The fraction of sp³-hybridized carbons (Fsp3) is 0.235. The van der Waals surface area contributed by atoms with E-state index in [1.54, 1.807) is 18.2 Å². The van der Waals surface area contributed by atoms with Crippen LogP contribution in [0.2, 0.25) is 5.02 Å². The molecule has 0 fully saturated rings. The van der Waals surface area contributed by atoms with Gasteiger partial charge in [-0.2, -0.15) is 0 Å². The lowest BCUT2D eigenvalue weighted by atomic mass is 10.0. The number of esters is 1. The molecule has 0 radical (unpaired) electrons. The van der Waals surface area contributed by atoms with E-state index >= 15 is 0 Å². The molecule has 110 valence electrons. The molecule has 0 bridgehead atoms. The summed E-state index contributed by atoms with van der Waals surface area (Å²) < 4.78 is 4.81. The summed E-state index contributed by atoms with van der Waals surface area (Å²) in [5, 5.41) is 3.85. The molecule has 0 aromatic heterocycles. The van der Waals surface area contributed by atoms with Crippen LogP contribution < -0.4 is 5.32 Å². The molecule has 0 aliphatic carbocycles. The van der Waals surface area contributed by atoms with E-state index in [1.165, 1.54) is 18.2 Å². The first kappa shape index (κ1) is 15.4. The van der Waals surface area contributed by atoms with Crippen LogP contribution >= 0.6 is 11.6 Å². The van der Waals surface area contributed by atoms with Gasteiger partial charge in [0, 0.05) is 16.8 Å². The van der Waals surface area contributed by atoms with Gasteiger partial charge in [-0.05, 0) is 43.2 Å². The molecule has 0 saturated heterocycles. The zero-order valence-corrected chi connectivity index (χ0v) is 13.1. The number of ether oxygens (including phenoxy) is 1. The third-order valence-corrected chi connectivity index (χ3v) is 3.65. The SMILES string of the molecule is COC(=O)c1cc(Cl)ccc1NC(C)c1ccccc1C. The van der Waals surface area contributed by atoms with Crippen LogP contribution in [0, 0.1) is 6.92 Å². The maximum Gasteiger partial charge on any atom is 0.340 e. The summed E-state index contributed by atoms with van der Waals surface area (Å²) in [7, 11) is 1.36. The van der Waals surface area contributed by atoms with Crippen molar-refractivity contribution in [2.45, 2.75) is 19.9 Å². The van der Waals surface area contributed by atoms with Crippen LogP contribution in [0.5, 0.6) is 0 Å². The number of hydrogen-bond donors (Lipinski definition) is 1. The highest BCUT2D eigenvalue weighted by Crippen LogP contribution is 2.27. The second-order valence-electron chi connectivity index (χ2n) is 4.90. The largest absolute Gasteiger partial charge is 0.465 e. The molecule has 0 aliphatic heterocycles. The summed E-state index contributed by atoms with van der Waals surface area (Å²) in [6, 6.07) is 13.4. The van der Waals surface area contributed by atoms with Crippen molar-refractivity contribution >= 4 is 23.3 Å². The molecule has 0 amide bonds. The van der Waals surface area contributed by atoms with Crippen LogP contribution in [0.1, 0.15) is 34.5 Å². The van der Waals surface area contributed by atoms with Gasteiger partial charge in [-0.3, -0.25) is 0 Å². The number of hydrogen-bond acceptors (Lipinski definition) is 3. The van der Waals surface area contributed by atoms with Gasteiger partial charge in [-0.25, -0.2) is 4.79 Å². The maximum absolute atomic E-state index is 11.9. The molecule has 0 spiro atoms. The van der Waals surface area contributed by atoms with Crippen molar-refractivity contribution in [2.75, 3.05) is 12.4 Å². The quantitative estimate of drug-likeness (QED) is 0.838. The van der Waals surface area contributed by atoms with Gasteiger partial charge in [-0.15, -0.1) is 0 Å². The van der Waals surface area contributed by atoms with Crippen molar-refractivity contribution in [1.29, 1.82) is 0 Å². The predicted molar refractivity (Wildman–Crippen MR) is 86.0 cm³/mol. The van der Waals surface area contributed by atoms with E-state index in [0.717, 1.165) is 0 Å². The van der Waals surface area contributed by atoms with Gasteiger partial charge in [0.2, 0.25) is 0 Å². The molecule has 21 heavy (non-hydrogen) atoms. The molecule has 1 N–H and O–H groups in total. The molecule has 4 heteroatoms. The number of carbonyl (C=O) groups excluding carboxylic acids is 1. The zero-order valence-electron chi connectivity index (χ0n) is 12.3. The normalized spacial score (nSPS) is 11.8. The average molecular weight is 304 g/mol. The Morgan fingerprint density at radius 3 is 2.62 bits per heavy atom. The first-order valence-electron chi connectivity index (χ1n) is 6.73. The van der Waals surface area contributed by atoms with Gasteiger partial charge in [0.05, 0.1) is 12.7 Å². The number of anilines is 1. The summed E-state index contributed by atoms with van der Waals surface area (Å²) in [5.41, 5.74) is 3.53. The minimum absolute atomic E-state index is 0.0655. The Bertz CT molecular complexity index is 655. The number of rotatable bonds is 4. The number of carbonyl (C=O) groups is 1. The Hall–Kier alpha value is -2.00. The van der Waals surface area contributed by atoms with E-state index in [2.05, 4.69) is 31.3 Å². The highest BCUT2D eigenvalue weighted by atomic mass is 35.5. The van der Waals surface area contributed by atoms with E-state index in [1.807, 2.05) is 12.1 Å². The minimum Gasteiger partial charge on any atom is -0.465 e. The monoisotopic (exact) mass is 303 g/mol. The maximum atomic E-state index is 11.9. The lowest BCUT2D eigenvalue weighted by Gasteiger charge is -2.19. The van der Waals surface area contributed by atoms with Crippen LogP contribution in [0.3, 0.4) is 0 Å². The topological polar surface area (TPSA) is 38.3 Å². The van der Waals surface area contributed by atoms with E-state index in [-0.39, 0.29) is 6.04 Å². The highest BCUT2D eigenvalue weighted by molar-refractivity contribution is 6.31. The number of methoxy groups -OCH3 is 1. The van der Waals surface area contributed by atoms with Crippen LogP contribution in [-0.2, 0) is 4.74 Å². The second kappa shape index (κ2) is 6.64. The summed E-state index contributed by atoms with van der Waals surface area (Å²) in [6.45, 7) is 4.12. The molecule has 0 aliphatic rings. The number of benzene rings is 2. The van der Waals surface area contributed by atoms with Crippen molar-refractivity contribution in [3.63, 3.8) is 0 Å². The van der Waals surface area contributed by atoms with Crippen LogP contribution in [-0.4, -0.2) is 13.1 Å². The third kappa shape index (κ3) is 3.56. The standard InChI is InChI=1S/C17H18ClNO2/c1-11-6-4-5-7-14(11)12(2)19-16-9-8-13(18)10-15(16)17(20)21-3/h4-10,12,19H,1-3H3. The van der Waals surface area contributed by atoms with Crippen molar-refractivity contribution in [3.05, 3.63) is 64.2 Å². The van der Waals surface area contributed by atoms with Crippen molar-refractivity contribution in [2.24, 2.45) is 0 Å². The Balaban J connectivity index is 2.31. The molecule has 0 heterocycles. The molecule has 2 aromatic carbocycles. The molecule has 2 aromatic rings. The first-order chi connectivity index (χ1) is 10.0. The lowest BCUT2D eigenvalue weighted by Crippen LogP contribution is -2.12. The predicted octanol–water partition coefficient (Wildman–Crippen LogP) is 4.61. The van der Waals surface area contributed by atoms with Gasteiger partial charge >= 0.3 is 5.97 Å². The molecule has 1 unspecified atom stereocenters. The molecule has 0 saturated carbocycles. The van der Waals surface area contributed by atoms with Crippen LogP contribution in [0.25, 0.3) is 0 Å². The summed E-state index contributed by atoms with van der Waals surface area (Å²) in [5.74, 6) is -0.406. The fourth-order valence-electron chi connectivity index (χ4n) is 2.30. The van der Waals surface area contributed by atoms with Gasteiger partial charge in [0.1, 0.15) is 0 Å². The molecule has 2 rings (SSSR count). The molecule has 1 atom stereocenters. The summed E-state index contributed by atoms with van der Waals surface area (Å²) in [4.78, 5) is 11.9. The smallest absolute Gasteiger partial charge is 0.340 e. The fourth-order valence-corrected chi connectivity index (χ4v) is 2.48. The van der Waals surface area contributed by atoms with E-state index in [9.17, 15) is 4.79 Å². The Morgan fingerprint density at radius 1 is 1.24 bits per heavy atom. The van der Waals surface area contributed by atoms with Crippen molar-refractivity contribution in [3.8, 4) is 0 Å². The third-order valence-electron chi connectivity index (χ3n) is 3.41. The van der Waals surface area contributed by atoms with Gasteiger partial charge in [-0.1, -0.05) is 35.9 Å². The second-order valence-corrected chi connectivity index (χ2v) is 5.34. The lowest BCUT2D eigenvalue weighted by molar-refractivity contribution is 0.0602. The summed E-state index contributed by atoms with van der Waals surface area (Å²) >= 11 is 5.96. The molecular formula is C17H18ClNO2.